The largest absolute Gasteiger partial charge is 0.495 e. The van der Waals surface area contributed by atoms with Gasteiger partial charge in [0.2, 0.25) is 0 Å². The minimum absolute atomic E-state index is 0.0337. The Labute approximate surface area is 133 Å². The van der Waals surface area contributed by atoms with Gasteiger partial charge >= 0.3 is 0 Å². The van der Waals surface area contributed by atoms with Gasteiger partial charge in [0.15, 0.2) is 0 Å². The number of anilines is 1. The summed E-state index contributed by atoms with van der Waals surface area (Å²) in [4.78, 5) is 0. The molecule has 0 heterocycles. The lowest BCUT2D eigenvalue weighted by atomic mass is 10.1. The van der Waals surface area contributed by atoms with Crippen LogP contribution in [0.2, 0.25) is 15.1 Å². The molecular weight excluding hydrogens is 317 g/mol. The van der Waals surface area contributed by atoms with Crippen LogP contribution >= 0.6 is 34.8 Å². The number of ether oxygens (including phenoxy) is 1. The smallest absolute Gasteiger partial charge is 0.141 e. The molecule has 2 nitrogen and oxygen atoms in total. The number of hydrogen-bond donors (Lipinski definition) is 1. The van der Waals surface area contributed by atoms with Crippen molar-refractivity contribution in [2.75, 3.05) is 12.4 Å². The van der Waals surface area contributed by atoms with Gasteiger partial charge in [0.05, 0.1) is 33.9 Å². The molecule has 20 heavy (non-hydrogen) atoms. The fraction of sp³-hybridized carbons (Fsp3) is 0.200. The summed E-state index contributed by atoms with van der Waals surface area (Å²) in [5.41, 5.74) is 1.77. The summed E-state index contributed by atoms with van der Waals surface area (Å²) < 4.78 is 5.31. The Morgan fingerprint density at radius 1 is 1.00 bits per heavy atom. The lowest BCUT2D eigenvalue weighted by Gasteiger charge is -2.19. The number of halogens is 3. The maximum atomic E-state index is 6.25. The molecule has 2 aromatic rings. The minimum atomic E-state index is -0.0337. The van der Waals surface area contributed by atoms with Crippen LogP contribution in [0.15, 0.2) is 36.4 Å². The van der Waals surface area contributed by atoms with Crippen LogP contribution in [-0.2, 0) is 0 Å². The Morgan fingerprint density at radius 2 is 1.70 bits per heavy atom. The van der Waals surface area contributed by atoms with Crippen LogP contribution in [0.25, 0.3) is 0 Å². The molecule has 0 spiro atoms. The second-order valence-corrected chi connectivity index (χ2v) is 5.49. The van der Waals surface area contributed by atoms with Crippen molar-refractivity contribution in [3.63, 3.8) is 0 Å². The third-order valence-electron chi connectivity index (χ3n) is 3.01. The van der Waals surface area contributed by atoms with E-state index in [0.717, 1.165) is 17.0 Å². The number of hydrogen-bond acceptors (Lipinski definition) is 2. The standard InChI is InChI=1S/C15H14Cl3NO/c1-9(10-7-8-11(16)15(18)14(10)17)19-12-5-3-4-6-13(12)20-2/h3-9,19H,1-2H3. The van der Waals surface area contributed by atoms with E-state index in [1.165, 1.54) is 0 Å². The number of benzene rings is 2. The molecule has 0 saturated carbocycles. The fourth-order valence-electron chi connectivity index (χ4n) is 1.95. The number of para-hydroxylation sites is 2. The third kappa shape index (κ3) is 3.14. The molecule has 1 atom stereocenters. The van der Waals surface area contributed by atoms with Gasteiger partial charge in [0.25, 0.3) is 0 Å². The summed E-state index contributed by atoms with van der Waals surface area (Å²) in [6.07, 6.45) is 0. The Bertz CT molecular complexity index is 616. The molecule has 0 saturated heterocycles. The highest BCUT2D eigenvalue weighted by Crippen LogP contribution is 2.37. The van der Waals surface area contributed by atoms with Crippen LogP contribution < -0.4 is 10.1 Å². The van der Waals surface area contributed by atoms with E-state index in [4.69, 9.17) is 39.5 Å². The predicted molar refractivity (Wildman–Crippen MR) is 86.5 cm³/mol. The lowest BCUT2D eigenvalue weighted by molar-refractivity contribution is 0.416. The molecule has 0 amide bonds. The second kappa shape index (κ2) is 6.57. The van der Waals surface area contributed by atoms with E-state index in [0.29, 0.717) is 15.1 Å². The van der Waals surface area contributed by atoms with Crippen molar-refractivity contribution in [1.82, 2.24) is 0 Å². The first-order chi connectivity index (χ1) is 9.54. The third-order valence-corrected chi connectivity index (χ3v) is 4.32. The number of nitrogens with one attached hydrogen (secondary N) is 1. The van der Waals surface area contributed by atoms with Crippen molar-refractivity contribution in [2.45, 2.75) is 13.0 Å². The molecule has 1 unspecified atom stereocenters. The van der Waals surface area contributed by atoms with Crippen LogP contribution in [0.4, 0.5) is 5.69 Å². The molecule has 2 aromatic carbocycles. The molecule has 0 aliphatic rings. The van der Waals surface area contributed by atoms with Crippen molar-refractivity contribution < 1.29 is 4.74 Å². The monoisotopic (exact) mass is 329 g/mol. The van der Waals surface area contributed by atoms with E-state index in [1.807, 2.05) is 37.3 Å². The SMILES string of the molecule is COc1ccccc1NC(C)c1ccc(Cl)c(Cl)c1Cl. The molecule has 0 radical (unpaired) electrons. The van der Waals surface area contributed by atoms with Gasteiger partial charge in [-0.25, -0.2) is 0 Å². The van der Waals surface area contributed by atoms with Crippen LogP contribution in [0.3, 0.4) is 0 Å². The van der Waals surface area contributed by atoms with Crippen molar-refractivity contribution >= 4 is 40.5 Å². The van der Waals surface area contributed by atoms with Crippen LogP contribution in [0.5, 0.6) is 5.75 Å². The number of rotatable bonds is 4. The van der Waals surface area contributed by atoms with Crippen LogP contribution in [-0.4, -0.2) is 7.11 Å². The highest BCUT2D eigenvalue weighted by atomic mass is 35.5. The Morgan fingerprint density at radius 3 is 2.40 bits per heavy atom. The zero-order chi connectivity index (χ0) is 14.7. The Hall–Kier alpha value is -1.09. The molecule has 0 aliphatic heterocycles. The molecule has 0 fully saturated rings. The first-order valence-electron chi connectivity index (χ1n) is 6.07. The zero-order valence-electron chi connectivity index (χ0n) is 11.1. The summed E-state index contributed by atoms with van der Waals surface area (Å²) in [6.45, 7) is 2.00. The molecule has 106 valence electrons. The van der Waals surface area contributed by atoms with E-state index in [2.05, 4.69) is 5.32 Å². The Kier molecular flexibility index (Phi) is 5.03. The second-order valence-electron chi connectivity index (χ2n) is 4.33. The first kappa shape index (κ1) is 15.3. The summed E-state index contributed by atoms with van der Waals surface area (Å²) in [5.74, 6) is 0.774. The van der Waals surface area contributed by atoms with E-state index >= 15 is 0 Å². The fourth-order valence-corrected chi connectivity index (χ4v) is 2.66. The van der Waals surface area contributed by atoms with Gasteiger partial charge in [-0.3, -0.25) is 0 Å². The average molecular weight is 331 g/mol. The van der Waals surface area contributed by atoms with Crippen molar-refractivity contribution in [1.29, 1.82) is 0 Å². The van der Waals surface area contributed by atoms with Crippen molar-refractivity contribution in [2.24, 2.45) is 0 Å². The summed E-state index contributed by atoms with van der Waals surface area (Å²) in [6, 6.07) is 11.3. The average Bonchev–Trinajstić information content (AvgIpc) is 2.45. The predicted octanol–water partition coefficient (Wildman–Crippen LogP) is 5.83. The van der Waals surface area contributed by atoms with Crippen molar-refractivity contribution in [3.05, 3.63) is 57.0 Å². The molecule has 5 heteroatoms. The van der Waals surface area contributed by atoms with Gasteiger partial charge < -0.3 is 10.1 Å². The van der Waals surface area contributed by atoms with Gasteiger partial charge in [-0.15, -0.1) is 0 Å². The molecule has 0 aliphatic carbocycles. The van der Waals surface area contributed by atoms with E-state index in [9.17, 15) is 0 Å². The van der Waals surface area contributed by atoms with Gasteiger partial charge in [0.1, 0.15) is 5.75 Å². The Balaban J connectivity index is 2.29. The number of methoxy groups -OCH3 is 1. The molecule has 2 rings (SSSR count). The van der Waals surface area contributed by atoms with Crippen LogP contribution in [0.1, 0.15) is 18.5 Å². The maximum absolute atomic E-state index is 6.25. The van der Waals surface area contributed by atoms with Gasteiger partial charge in [-0.1, -0.05) is 53.0 Å². The molecule has 0 bridgehead atoms. The summed E-state index contributed by atoms with van der Waals surface area (Å²) in [5, 5.41) is 4.64. The van der Waals surface area contributed by atoms with Gasteiger partial charge in [-0.2, -0.15) is 0 Å². The topological polar surface area (TPSA) is 21.3 Å². The van der Waals surface area contributed by atoms with E-state index in [1.54, 1.807) is 13.2 Å². The molecular formula is C15H14Cl3NO. The maximum Gasteiger partial charge on any atom is 0.141 e. The van der Waals surface area contributed by atoms with Gasteiger partial charge in [-0.05, 0) is 30.7 Å². The van der Waals surface area contributed by atoms with Crippen LogP contribution in [0, 0.1) is 0 Å². The van der Waals surface area contributed by atoms with E-state index in [-0.39, 0.29) is 6.04 Å². The summed E-state index contributed by atoms with van der Waals surface area (Å²) >= 11 is 18.3. The molecule has 1 N–H and O–H groups in total. The normalized spacial score (nSPS) is 12.1. The quantitative estimate of drug-likeness (QED) is 0.712. The zero-order valence-corrected chi connectivity index (χ0v) is 13.4. The van der Waals surface area contributed by atoms with Gasteiger partial charge in [0, 0.05) is 0 Å². The highest BCUT2D eigenvalue weighted by Gasteiger charge is 2.15. The first-order valence-corrected chi connectivity index (χ1v) is 7.21. The molecule has 0 aromatic heterocycles. The minimum Gasteiger partial charge on any atom is -0.495 e. The van der Waals surface area contributed by atoms with Crippen molar-refractivity contribution in [3.8, 4) is 5.75 Å². The highest BCUT2D eigenvalue weighted by molar-refractivity contribution is 6.48. The summed E-state index contributed by atoms with van der Waals surface area (Å²) in [7, 11) is 1.64. The lowest BCUT2D eigenvalue weighted by Crippen LogP contribution is -2.08. The van der Waals surface area contributed by atoms with E-state index < -0.39 is 0 Å².